The van der Waals surface area contributed by atoms with Crippen molar-refractivity contribution >= 4 is 53.4 Å². The number of halogens is 3. The summed E-state index contributed by atoms with van der Waals surface area (Å²) >= 11 is 0. The molecular formula is C83H138B3F3O11SSi2. The average molecular weight is 1490 g/mol. The molecule has 2 unspecified atom stereocenters. The van der Waals surface area contributed by atoms with E-state index in [9.17, 15) is 21.6 Å². The van der Waals surface area contributed by atoms with E-state index < -0.39 is 51.7 Å². The number of hydrogen-bond donors (Lipinski definition) is 0. The third-order valence-corrected chi connectivity index (χ3v) is 35.2. The molecule has 4 aromatic rings. The Morgan fingerprint density at radius 1 is 0.427 bits per heavy atom. The van der Waals surface area contributed by atoms with Crippen molar-refractivity contribution in [2.75, 3.05) is 0 Å². The molecular weight excluding hydrogens is 1350 g/mol. The van der Waals surface area contributed by atoms with Crippen molar-refractivity contribution in [3.05, 3.63) is 128 Å². The molecule has 3 aliphatic rings. The lowest BCUT2D eigenvalue weighted by atomic mass is 9.49. The Balaban J connectivity index is 0.000000299. The number of rotatable bonds is 22. The van der Waals surface area contributed by atoms with Crippen LogP contribution in [0.3, 0.4) is 0 Å². The van der Waals surface area contributed by atoms with E-state index in [-0.39, 0.29) is 85.0 Å². The number of hydrogen-bond acceptors (Lipinski definition) is 11. The highest BCUT2D eigenvalue weighted by Gasteiger charge is 2.64. The van der Waals surface area contributed by atoms with Gasteiger partial charge in [-0.25, -0.2) is 0 Å². The van der Waals surface area contributed by atoms with Crippen LogP contribution in [0.25, 0.3) is 0 Å². The molecule has 2 atom stereocenters. The monoisotopic (exact) mass is 1490 g/mol. The molecule has 0 aliphatic carbocycles. The Labute approximate surface area is 628 Å². The fraction of sp³-hybridized carbons (Fsp3) is 0.711. The zero-order chi connectivity index (χ0) is 79.3. The van der Waals surface area contributed by atoms with E-state index in [0.717, 1.165) is 68.0 Å². The Hall–Kier alpha value is -3.27. The highest BCUT2D eigenvalue weighted by Crippen LogP contribution is 2.48. The second-order valence-corrected chi connectivity index (χ2v) is 49.3. The molecule has 3 fully saturated rings. The first-order valence-corrected chi connectivity index (χ1v) is 45.4. The average Bonchev–Trinajstić information content (AvgIpc) is 1.53. The van der Waals surface area contributed by atoms with Crippen molar-refractivity contribution in [2.45, 2.75) is 371 Å². The predicted molar refractivity (Wildman–Crippen MR) is 431 cm³/mol. The topological polar surface area (TPSA) is 117 Å². The van der Waals surface area contributed by atoms with Gasteiger partial charge in [-0.05, 0) is 271 Å². The van der Waals surface area contributed by atoms with Crippen LogP contribution in [0.5, 0.6) is 5.75 Å². The summed E-state index contributed by atoms with van der Waals surface area (Å²) in [5, 5.41) is 0.339. The van der Waals surface area contributed by atoms with Crippen molar-refractivity contribution in [2.24, 2.45) is 10.8 Å². The van der Waals surface area contributed by atoms with Gasteiger partial charge in [-0.2, -0.15) is 21.6 Å². The van der Waals surface area contributed by atoms with Gasteiger partial charge in [-0.1, -0.05) is 183 Å². The summed E-state index contributed by atoms with van der Waals surface area (Å²) in [4.78, 5) is 0. The van der Waals surface area contributed by atoms with Crippen LogP contribution in [0.2, 0.25) is 36.3 Å². The van der Waals surface area contributed by atoms with Gasteiger partial charge in [0.25, 0.3) is 0 Å². The molecule has 20 heteroatoms. The summed E-state index contributed by atoms with van der Waals surface area (Å²) < 4.78 is 117. The SMILES string of the molecule is CC1(C)OB(B2OC(C)(C)C(C)(C)O2)OC1(C)C.CCC(CC)(c1ccc(CCC(O[Si](C)(C)C(C)(C)C)C(C)(C)C)c(C)c1)c1ccc(B2OC(C)(C)C(C)(C)O2)c(C)c1.CCC(CC)(c1ccc(CCC(O[Si](C)(C)C(C)(C)C)C(C)(C)C)c(C)c1)c1ccc(OS(=O)(=O)C(F)(F)F)c(C)c1. The Kier molecular flexibility index (Phi) is 27.7. The van der Waals surface area contributed by atoms with Gasteiger partial charge < -0.3 is 41.0 Å². The van der Waals surface area contributed by atoms with Crippen molar-refractivity contribution in [1.82, 2.24) is 0 Å². The summed E-state index contributed by atoms with van der Waals surface area (Å²) in [7, 11) is -10.8. The first-order chi connectivity index (χ1) is 46.3. The second-order valence-electron chi connectivity index (χ2n) is 38.3. The van der Waals surface area contributed by atoms with E-state index >= 15 is 0 Å². The minimum Gasteiger partial charge on any atom is -0.413 e. The molecule has 7 rings (SSSR count). The molecule has 103 heavy (non-hydrogen) atoms. The third-order valence-electron chi connectivity index (χ3n) is 25.3. The lowest BCUT2D eigenvalue weighted by Crippen LogP contribution is -2.47. The van der Waals surface area contributed by atoms with E-state index in [1.165, 1.54) is 45.0 Å². The summed E-state index contributed by atoms with van der Waals surface area (Å²) in [6.45, 7) is 78.6. The van der Waals surface area contributed by atoms with Gasteiger partial charge in [0.2, 0.25) is 0 Å². The minimum atomic E-state index is -5.74. The fourth-order valence-corrected chi connectivity index (χ4v) is 17.0. The lowest BCUT2D eigenvalue weighted by Gasteiger charge is -2.43. The molecule has 0 bridgehead atoms. The smallest absolute Gasteiger partial charge is 0.413 e. The Morgan fingerprint density at radius 2 is 0.709 bits per heavy atom. The molecule has 3 heterocycles. The van der Waals surface area contributed by atoms with Crippen LogP contribution < -0.4 is 9.65 Å². The van der Waals surface area contributed by atoms with Gasteiger partial charge in [-0.15, -0.1) is 0 Å². The van der Waals surface area contributed by atoms with Crippen LogP contribution in [-0.2, 0) is 70.6 Å². The largest absolute Gasteiger partial charge is 0.534 e. The molecule has 0 spiro atoms. The first kappa shape index (κ1) is 90.3. The maximum absolute atomic E-state index is 12.9. The zero-order valence-electron chi connectivity index (χ0n) is 71.0. The van der Waals surface area contributed by atoms with E-state index in [4.69, 9.17) is 36.8 Å². The second kappa shape index (κ2) is 31.6. The lowest BCUT2D eigenvalue weighted by molar-refractivity contribution is -0.0500. The highest BCUT2D eigenvalue weighted by atomic mass is 32.2. The number of aryl methyl sites for hydroxylation is 6. The summed E-state index contributed by atoms with van der Waals surface area (Å²) in [6, 6.07) is 25.5. The number of alkyl halides is 3. The summed E-state index contributed by atoms with van der Waals surface area (Å²) in [5.41, 5.74) is 4.83. The van der Waals surface area contributed by atoms with Crippen molar-refractivity contribution in [3.63, 3.8) is 0 Å². The molecule has 0 radical (unpaired) electrons. The normalized spacial score (nSPS) is 19.2. The van der Waals surface area contributed by atoms with Crippen LogP contribution in [0, 0.1) is 38.5 Å². The van der Waals surface area contributed by atoms with E-state index in [1.54, 1.807) is 19.1 Å². The Bertz CT molecular complexity index is 3560. The van der Waals surface area contributed by atoms with Crippen molar-refractivity contribution in [1.29, 1.82) is 0 Å². The highest BCUT2D eigenvalue weighted by molar-refractivity contribution is 7.88. The van der Waals surface area contributed by atoms with E-state index in [2.05, 4.69) is 244 Å². The molecule has 0 amide bonds. The van der Waals surface area contributed by atoms with Gasteiger partial charge in [-0.3, -0.25) is 0 Å². The summed E-state index contributed by atoms with van der Waals surface area (Å²) in [6.07, 6.45) is 7.88. The van der Waals surface area contributed by atoms with E-state index in [0.29, 0.717) is 5.56 Å². The third kappa shape index (κ3) is 20.2. The molecule has 3 aliphatic heterocycles. The standard InChI is InChI=1S/C38H63BO3Si.C33H51F3O4SSi.C12H24B2O4/c1-17-38(18-2,31-22-23-32(28(4)26-31)39-41-36(11,12)37(13,14)42-39)30-21-19-29(27(3)25-30)20-24-33(34(5,6)7)40-43(15,16)35(8,9)10;1-13-32(14-2,27-18-19-28(24(4)22-27)39-41(37,38)33(34,35)36)26-17-15-25(23(3)21-26)16-20-29(30(5,6)7)40-42(11,12)31(8,9)10;1-9(2)10(3,4)16-13(15-9)14-17-11(5,6)12(7,8)18-14/h19,21-23,25-26,33H,17-18,20,24H2,1-16H3;15,17-19,21-22,29H,13-14,16,20H2,1-12H3;1-8H3. The molecule has 3 saturated heterocycles. The van der Waals surface area contributed by atoms with Crippen LogP contribution in [-0.4, -0.2) is 97.5 Å². The molecule has 580 valence electrons. The maximum atomic E-state index is 12.9. The molecule has 4 aromatic carbocycles. The van der Waals surface area contributed by atoms with E-state index in [1.807, 2.05) is 55.4 Å². The van der Waals surface area contributed by atoms with Gasteiger partial charge in [0, 0.05) is 10.8 Å². The van der Waals surface area contributed by atoms with Crippen LogP contribution in [0.4, 0.5) is 13.2 Å². The zero-order valence-corrected chi connectivity index (χ0v) is 73.8. The molecule has 0 N–H and O–H groups in total. The van der Waals surface area contributed by atoms with Crippen LogP contribution in [0.1, 0.15) is 288 Å². The van der Waals surface area contributed by atoms with Gasteiger partial charge in [0.15, 0.2) is 16.6 Å². The van der Waals surface area contributed by atoms with Gasteiger partial charge in [0.1, 0.15) is 5.75 Å². The molecule has 0 saturated carbocycles. The van der Waals surface area contributed by atoms with Gasteiger partial charge in [0.05, 0.1) is 45.8 Å². The van der Waals surface area contributed by atoms with Gasteiger partial charge >= 0.3 is 36.8 Å². The van der Waals surface area contributed by atoms with Crippen molar-refractivity contribution in [3.8, 4) is 5.75 Å². The van der Waals surface area contributed by atoms with Crippen LogP contribution >= 0.6 is 0 Å². The maximum Gasteiger partial charge on any atom is 0.534 e. The molecule has 11 nitrogen and oxygen atoms in total. The first-order valence-electron chi connectivity index (χ1n) is 38.2. The summed E-state index contributed by atoms with van der Waals surface area (Å²) in [5.74, 6) is -0.322. The van der Waals surface area contributed by atoms with Crippen molar-refractivity contribution < 1.29 is 62.6 Å². The predicted octanol–water partition coefficient (Wildman–Crippen LogP) is 22.3. The quantitative estimate of drug-likeness (QED) is 0.0425. The Morgan fingerprint density at radius 3 is 0.971 bits per heavy atom. The number of benzene rings is 4. The molecule has 0 aromatic heterocycles. The fourth-order valence-electron chi connectivity index (χ4n) is 13.4. The van der Waals surface area contributed by atoms with Crippen LogP contribution in [0.15, 0.2) is 72.8 Å². The minimum absolute atomic E-state index is 0.0100.